The average Bonchev–Trinajstić information content (AvgIpc) is 2.15. The van der Waals surface area contributed by atoms with Gasteiger partial charge in [-0.1, -0.05) is 30.3 Å². The molecule has 12 heavy (non-hydrogen) atoms. The summed E-state index contributed by atoms with van der Waals surface area (Å²) < 4.78 is 0. The third-order valence-electron chi connectivity index (χ3n) is 1.49. The molecular formula is C9H10NO2. The summed E-state index contributed by atoms with van der Waals surface area (Å²) in [6.45, 7) is 0. The van der Waals surface area contributed by atoms with Crippen molar-refractivity contribution >= 4 is 6.29 Å². The predicted molar refractivity (Wildman–Crippen MR) is 45.0 cm³/mol. The molecule has 3 heteroatoms. The molecule has 1 N–H and O–H groups in total. The number of carbonyl (C=O) groups excluding carboxylic acids is 1. The van der Waals surface area contributed by atoms with Gasteiger partial charge in [0, 0.05) is 0 Å². The number of nitrogens with one attached hydrogen (secondary N) is 1. The van der Waals surface area contributed by atoms with Crippen LogP contribution in [0.3, 0.4) is 0 Å². The second-order valence-corrected chi connectivity index (χ2v) is 2.28. The molecule has 1 aromatic carbocycles. The lowest BCUT2D eigenvalue weighted by Crippen LogP contribution is -2.20. The summed E-state index contributed by atoms with van der Waals surface area (Å²) in [5.41, 5.74) is 3.37. The maximum atomic E-state index is 10.4. The Balaban J connectivity index is 2.73. The molecule has 0 spiro atoms. The minimum Gasteiger partial charge on any atom is -0.304 e. The van der Waals surface area contributed by atoms with E-state index in [0.717, 1.165) is 5.56 Å². The highest BCUT2D eigenvalue weighted by atomic mass is 16.6. The quantitative estimate of drug-likeness (QED) is 0.674. The Labute approximate surface area is 71.3 Å². The topological polar surface area (TPSA) is 38.3 Å². The van der Waals surface area contributed by atoms with E-state index in [0.29, 0.717) is 0 Å². The van der Waals surface area contributed by atoms with Crippen LogP contribution in [0.4, 0.5) is 0 Å². The monoisotopic (exact) mass is 164 g/mol. The minimum atomic E-state index is -0.504. The minimum absolute atomic E-state index is 0.504. The summed E-state index contributed by atoms with van der Waals surface area (Å²) in [6, 6.07) is 8.77. The number of hydroxylamine groups is 1. The summed E-state index contributed by atoms with van der Waals surface area (Å²) >= 11 is 0. The normalized spacial score (nSPS) is 12.4. The molecule has 0 aliphatic heterocycles. The zero-order chi connectivity index (χ0) is 8.81. The maximum absolute atomic E-state index is 10.4. The molecule has 0 aliphatic rings. The van der Waals surface area contributed by atoms with Crippen molar-refractivity contribution in [1.29, 1.82) is 0 Å². The standard InChI is InChI=1S/C9H10NO2/c1-12-10-9(7-11)8-5-3-2-4-6-8/h2-6,9-10H,1H3. The van der Waals surface area contributed by atoms with Crippen molar-refractivity contribution in [2.45, 2.75) is 6.04 Å². The first-order valence-corrected chi connectivity index (χ1v) is 3.59. The van der Waals surface area contributed by atoms with E-state index in [1.807, 2.05) is 36.6 Å². The molecule has 0 aliphatic carbocycles. The van der Waals surface area contributed by atoms with E-state index in [9.17, 15) is 4.79 Å². The molecule has 63 valence electrons. The van der Waals surface area contributed by atoms with E-state index in [1.165, 1.54) is 7.11 Å². The average molecular weight is 164 g/mol. The Kier molecular flexibility index (Phi) is 3.44. The lowest BCUT2D eigenvalue weighted by atomic mass is 10.1. The smallest absolute Gasteiger partial charge is 0.224 e. The van der Waals surface area contributed by atoms with Crippen molar-refractivity contribution < 1.29 is 9.63 Å². The van der Waals surface area contributed by atoms with Gasteiger partial charge in [0.25, 0.3) is 0 Å². The summed E-state index contributed by atoms with van der Waals surface area (Å²) in [4.78, 5) is 15.1. The molecule has 1 aromatic rings. The molecule has 0 amide bonds. The fraction of sp³-hybridized carbons (Fsp3) is 0.222. The van der Waals surface area contributed by atoms with Crippen molar-refractivity contribution in [3.63, 3.8) is 0 Å². The summed E-state index contributed by atoms with van der Waals surface area (Å²) in [5.74, 6) is 0. The van der Waals surface area contributed by atoms with Crippen LogP contribution in [0.25, 0.3) is 0 Å². The number of rotatable bonds is 4. The maximum Gasteiger partial charge on any atom is 0.224 e. The Morgan fingerprint density at radius 3 is 2.58 bits per heavy atom. The number of hydrogen-bond acceptors (Lipinski definition) is 3. The van der Waals surface area contributed by atoms with Crippen molar-refractivity contribution in [3.8, 4) is 0 Å². The third kappa shape index (κ3) is 2.15. The molecule has 0 saturated carbocycles. The van der Waals surface area contributed by atoms with E-state index >= 15 is 0 Å². The van der Waals surface area contributed by atoms with E-state index < -0.39 is 6.04 Å². The van der Waals surface area contributed by atoms with E-state index in [-0.39, 0.29) is 0 Å². The zero-order valence-electron chi connectivity index (χ0n) is 6.78. The van der Waals surface area contributed by atoms with Gasteiger partial charge in [-0.25, -0.2) is 0 Å². The van der Waals surface area contributed by atoms with E-state index in [2.05, 4.69) is 10.3 Å². The predicted octanol–water partition coefficient (Wildman–Crippen LogP) is 0.988. The lowest BCUT2D eigenvalue weighted by Gasteiger charge is -2.08. The van der Waals surface area contributed by atoms with Crippen molar-refractivity contribution in [3.05, 3.63) is 35.9 Å². The molecule has 3 nitrogen and oxygen atoms in total. The first-order valence-electron chi connectivity index (χ1n) is 3.59. The van der Waals surface area contributed by atoms with Gasteiger partial charge in [-0.15, -0.1) is 0 Å². The van der Waals surface area contributed by atoms with Crippen LogP contribution in [0.2, 0.25) is 0 Å². The molecule has 0 aromatic heterocycles. The fourth-order valence-corrected chi connectivity index (χ4v) is 0.923. The molecule has 1 atom stereocenters. The van der Waals surface area contributed by atoms with Gasteiger partial charge in [0.1, 0.15) is 6.04 Å². The SMILES string of the molecule is CONC([C]=O)c1ccccc1. The van der Waals surface area contributed by atoms with Gasteiger partial charge in [-0.05, 0) is 5.56 Å². The van der Waals surface area contributed by atoms with Gasteiger partial charge >= 0.3 is 0 Å². The van der Waals surface area contributed by atoms with Gasteiger partial charge in [0.15, 0.2) is 0 Å². The van der Waals surface area contributed by atoms with Gasteiger partial charge in [0.2, 0.25) is 6.29 Å². The van der Waals surface area contributed by atoms with Crippen molar-refractivity contribution in [2.75, 3.05) is 7.11 Å². The van der Waals surface area contributed by atoms with Gasteiger partial charge in [-0.3, -0.25) is 4.79 Å². The zero-order valence-corrected chi connectivity index (χ0v) is 6.78. The highest BCUT2D eigenvalue weighted by Crippen LogP contribution is 2.08. The van der Waals surface area contributed by atoms with Gasteiger partial charge in [-0.2, -0.15) is 5.48 Å². The second kappa shape index (κ2) is 4.64. The highest BCUT2D eigenvalue weighted by molar-refractivity contribution is 5.61. The van der Waals surface area contributed by atoms with Crippen molar-refractivity contribution in [1.82, 2.24) is 5.48 Å². The van der Waals surface area contributed by atoms with Crippen molar-refractivity contribution in [2.24, 2.45) is 0 Å². The summed E-state index contributed by atoms with van der Waals surface area (Å²) in [7, 11) is 1.47. The molecule has 1 radical (unpaired) electrons. The molecule has 1 rings (SSSR count). The molecule has 0 fully saturated rings. The highest BCUT2D eigenvalue weighted by Gasteiger charge is 2.08. The second-order valence-electron chi connectivity index (χ2n) is 2.28. The van der Waals surface area contributed by atoms with Crippen LogP contribution in [0.1, 0.15) is 11.6 Å². The lowest BCUT2D eigenvalue weighted by molar-refractivity contribution is 0.0778. The van der Waals surface area contributed by atoms with Crippen LogP contribution in [0.5, 0.6) is 0 Å². The first kappa shape index (κ1) is 8.90. The Bertz CT molecular complexity index is 236. The fourth-order valence-electron chi connectivity index (χ4n) is 0.923. The first-order chi connectivity index (χ1) is 5.88. The van der Waals surface area contributed by atoms with Crippen LogP contribution >= 0.6 is 0 Å². The van der Waals surface area contributed by atoms with Gasteiger partial charge in [0.05, 0.1) is 7.11 Å². The number of hydrogen-bond donors (Lipinski definition) is 1. The Hall–Kier alpha value is -1.19. The van der Waals surface area contributed by atoms with Crippen LogP contribution in [0, 0.1) is 0 Å². The van der Waals surface area contributed by atoms with Gasteiger partial charge < -0.3 is 4.84 Å². The summed E-state index contributed by atoms with van der Waals surface area (Å²) in [6.07, 6.45) is 1.83. The molecule has 0 heterocycles. The molecule has 0 saturated heterocycles. The molecule has 1 unspecified atom stereocenters. The Morgan fingerprint density at radius 2 is 2.08 bits per heavy atom. The van der Waals surface area contributed by atoms with Crippen LogP contribution in [0.15, 0.2) is 30.3 Å². The van der Waals surface area contributed by atoms with E-state index in [1.54, 1.807) is 0 Å². The molecule has 0 bridgehead atoms. The van der Waals surface area contributed by atoms with Crippen LogP contribution in [-0.4, -0.2) is 13.4 Å². The van der Waals surface area contributed by atoms with Crippen LogP contribution in [-0.2, 0) is 9.63 Å². The largest absolute Gasteiger partial charge is 0.304 e. The molecular weight excluding hydrogens is 154 g/mol. The Morgan fingerprint density at radius 1 is 1.42 bits per heavy atom. The number of benzene rings is 1. The van der Waals surface area contributed by atoms with Crippen LogP contribution < -0.4 is 5.48 Å². The third-order valence-corrected chi connectivity index (χ3v) is 1.49. The van der Waals surface area contributed by atoms with E-state index in [4.69, 9.17) is 0 Å². The summed E-state index contributed by atoms with van der Waals surface area (Å²) in [5, 5.41) is 0.